The van der Waals surface area contributed by atoms with Crippen LogP contribution in [0.25, 0.3) is 22.5 Å². The minimum atomic E-state index is -1.00. The van der Waals surface area contributed by atoms with Gasteiger partial charge in [-0.15, -0.1) is 0 Å². The number of carbonyl (C=O) groups is 4. The predicted molar refractivity (Wildman–Crippen MR) is 263 cm³/mol. The number of nitrogens with two attached hydrogens (primary N) is 1. The molecule has 1 saturated carbocycles. The van der Waals surface area contributed by atoms with Crippen molar-refractivity contribution in [3.63, 3.8) is 0 Å². The molecule has 70 heavy (non-hydrogen) atoms. The number of benzene rings is 4. The molecule has 2 aliphatic rings. The molecule has 368 valence electrons. The first-order chi connectivity index (χ1) is 33.2. The fraction of sp³-hybridized carbons (Fsp3) is 0.407. The number of halogens is 1. The van der Waals surface area contributed by atoms with Gasteiger partial charge in [-0.1, -0.05) is 102 Å². The van der Waals surface area contributed by atoms with Crippen LogP contribution in [0.3, 0.4) is 0 Å². The van der Waals surface area contributed by atoms with Gasteiger partial charge in [0.25, 0.3) is 5.91 Å². The number of hydrogen-bond acceptors (Lipinski definition) is 11. The van der Waals surface area contributed by atoms with Gasteiger partial charge in [0.05, 0.1) is 29.0 Å². The Morgan fingerprint density at radius 2 is 1.57 bits per heavy atom. The van der Waals surface area contributed by atoms with Crippen molar-refractivity contribution in [2.24, 2.45) is 22.0 Å². The zero-order valence-corrected chi connectivity index (χ0v) is 41.3. The van der Waals surface area contributed by atoms with Crippen LogP contribution in [-0.4, -0.2) is 88.8 Å². The van der Waals surface area contributed by atoms with E-state index in [2.05, 4.69) is 49.4 Å². The Kier molecular flexibility index (Phi) is 15.4. The van der Waals surface area contributed by atoms with Crippen LogP contribution in [0.2, 0.25) is 5.02 Å². The highest BCUT2D eigenvalue weighted by Gasteiger charge is 2.64. The Morgan fingerprint density at radius 1 is 0.943 bits per heavy atom. The Balaban J connectivity index is 0.845. The van der Waals surface area contributed by atoms with Gasteiger partial charge in [-0.2, -0.15) is 5.26 Å². The van der Waals surface area contributed by atoms with E-state index in [-0.39, 0.29) is 75.4 Å². The van der Waals surface area contributed by atoms with E-state index in [0.29, 0.717) is 33.4 Å². The Labute approximate surface area is 413 Å². The Bertz CT molecular complexity index is 2710. The lowest BCUT2D eigenvalue weighted by molar-refractivity contribution is -0.164. The minimum Gasteiger partial charge on any atom is -0.491 e. The van der Waals surface area contributed by atoms with Gasteiger partial charge in [0.15, 0.2) is 12.2 Å². The van der Waals surface area contributed by atoms with E-state index in [9.17, 15) is 29.5 Å². The number of ether oxygens (including phenoxy) is 3. The first kappa shape index (κ1) is 51.1. The topological polar surface area (TPSA) is 219 Å². The standard InChI is InChI=1S/C54H61ClN6O9/c1-32-46(69-31-59-32)36-10-8-33(9-11-36)29-58-49(66)43-24-39(62)30-61(43)45(63)27-52(2,3)26-44(47(57)64)68-23-22-67-40-19-16-35(17-20-40)34-12-14-37(15-13-34)48(65)60-50-53(4,5)51(54(50,6)7)70-41-21-18-38(28-56)42(55)25-41/h8-21,25,31,39,43-44,50-51,62H,22-24,26-27,29-30H2,1-7H3,(H2,57,64)(H,58,66)(H,60,65)/t39-,43+,44?,50?,51?/m1/s1. The summed E-state index contributed by atoms with van der Waals surface area (Å²) in [5.41, 5.74) is 9.42. The van der Waals surface area contributed by atoms with Gasteiger partial charge in [0, 0.05) is 60.0 Å². The number of oxazole rings is 1. The number of hydrogen-bond donors (Lipinski definition) is 4. The highest BCUT2D eigenvalue weighted by atomic mass is 35.5. The van der Waals surface area contributed by atoms with Crippen LogP contribution in [0.5, 0.6) is 11.5 Å². The molecule has 0 spiro atoms. The fourth-order valence-electron chi connectivity index (χ4n) is 10.0. The van der Waals surface area contributed by atoms with Crippen molar-refractivity contribution < 1.29 is 42.9 Å². The van der Waals surface area contributed by atoms with Gasteiger partial charge >= 0.3 is 0 Å². The molecule has 4 aromatic carbocycles. The van der Waals surface area contributed by atoms with Crippen molar-refractivity contribution in [2.75, 3.05) is 19.8 Å². The van der Waals surface area contributed by atoms with E-state index in [1.54, 1.807) is 30.3 Å². The quantitative estimate of drug-likeness (QED) is 0.0586. The summed E-state index contributed by atoms with van der Waals surface area (Å²) in [6, 6.07) is 28.4. The third kappa shape index (κ3) is 11.6. The lowest BCUT2D eigenvalue weighted by atomic mass is 9.49. The monoisotopic (exact) mass is 972 g/mol. The summed E-state index contributed by atoms with van der Waals surface area (Å²) in [6.45, 7) is 14.2. The second-order valence-electron chi connectivity index (χ2n) is 20.2. The van der Waals surface area contributed by atoms with E-state index < -0.39 is 40.4 Å². The Morgan fingerprint density at radius 3 is 2.17 bits per heavy atom. The van der Waals surface area contributed by atoms with E-state index >= 15 is 0 Å². The third-order valence-corrected chi connectivity index (χ3v) is 13.8. The van der Waals surface area contributed by atoms with E-state index in [1.807, 2.05) is 81.4 Å². The zero-order valence-electron chi connectivity index (χ0n) is 40.6. The van der Waals surface area contributed by atoms with Gasteiger partial charge in [-0.05, 0) is 71.8 Å². The molecule has 2 fully saturated rings. The number of carbonyl (C=O) groups excluding carboxylic acids is 4. The number of nitrogens with one attached hydrogen (secondary N) is 2. The summed E-state index contributed by atoms with van der Waals surface area (Å²) in [5, 5.41) is 26.2. The van der Waals surface area contributed by atoms with Crippen LogP contribution in [0.4, 0.5) is 0 Å². The smallest absolute Gasteiger partial charge is 0.251 e. The number of β-amino-alcohol motifs (C(OH)–C–C–N with tert-alkyl or cyclic N) is 1. The first-order valence-electron chi connectivity index (χ1n) is 23.3. The average Bonchev–Trinajstić information content (AvgIpc) is 3.95. The molecule has 1 aliphatic carbocycles. The Hall–Kier alpha value is -6.73. The van der Waals surface area contributed by atoms with Crippen LogP contribution in [0.1, 0.15) is 88.0 Å². The highest BCUT2D eigenvalue weighted by molar-refractivity contribution is 6.31. The summed E-state index contributed by atoms with van der Waals surface area (Å²) in [6.07, 6.45) is -0.433. The summed E-state index contributed by atoms with van der Waals surface area (Å²) < 4.78 is 23.6. The largest absolute Gasteiger partial charge is 0.491 e. The van der Waals surface area contributed by atoms with Crippen LogP contribution in [-0.2, 0) is 25.7 Å². The molecule has 0 bridgehead atoms. The molecule has 1 unspecified atom stereocenters. The second kappa shape index (κ2) is 21.1. The minimum absolute atomic E-state index is 0.00908. The van der Waals surface area contributed by atoms with Crippen LogP contribution in [0.15, 0.2) is 102 Å². The molecule has 15 nitrogen and oxygen atoms in total. The molecule has 0 radical (unpaired) electrons. The molecule has 3 atom stereocenters. The number of likely N-dealkylation sites (tertiary alicyclic amines) is 1. The highest BCUT2D eigenvalue weighted by Crippen LogP contribution is 2.55. The third-order valence-electron chi connectivity index (χ3n) is 13.5. The lowest BCUT2D eigenvalue weighted by Crippen LogP contribution is -2.74. The van der Waals surface area contributed by atoms with Crippen molar-refractivity contribution in [1.82, 2.24) is 20.5 Å². The lowest BCUT2D eigenvalue weighted by Gasteiger charge is -2.63. The number of aliphatic hydroxyl groups is 1. The number of aryl methyl sites for hydroxylation is 1. The molecule has 4 amide bonds. The van der Waals surface area contributed by atoms with E-state index in [4.69, 9.17) is 36.0 Å². The molecule has 1 aliphatic heterocycles. The van der Waals surface area contributed by atoms with Gasteiger partial charge in [-0.25, -0.2) is 4.98 Å². The molecule has 1 aromatic heterocycles. The maximum atomic E-state index is 13.7. The summed E-state index contributed by atoms with van der Waals surface area (Å²) in [5.74, 6) is 0.281. The van der Waals surface area contributed by atoms with E-state index in [0.717, 1.165) is 27.9 Å². The van der Waals surface area contributed by atoms with Crippen LogP contribution < -0.4 is 25.8 Å². The second-order valence-corrected chi connectivity index (χ2v) is 20.6. The molecule has 2 heterocycles. The molecule has 1 saturated heterocycles. The van der Waals surface area contributed by atoms with Gasteiger partial charge < -0.3 is 45.0 Å². The number of nitriles is 1. The van der Waals surface area contributed by atoms with Gasteiger partial charge in [-0.3, -0.25) is 19.2 Å². The number of aliphatic hydroxyl groups excluding tert-OH is 1. The number of nitrogens with zero attached hydrogens (tertiary/aromatic N) is 3. The van der Waals surface area contributed by atoms with Crippen molar-refractivity contribution in [1.29, 1.82) is 5.26 Å². The summed E-state index contributed by atoms with van der Waals surface area (Å²) in [4.78, 5) is 58.6. The summed E-state index contributed by atoms with van der Waals surface area (Å²) in [7, 11) is 0. The number of rotatable bonds is 19. The average molecular weight is 974 g/mol. The fourth-order valence-corrected chi connectivity index (χ4v) is 10.3. The van der Waals surface area contributed by atoms with Crippen LogP contribution in [0, 0.1) is 34.5 Å². The number of amides is 4. The number of primary amides is 1. The normalized spacial score (nSPS) is 19.6. The molecule has 16 heteroatoms. The maximum Gasteiger partial charge on any atom is 0.251 e. The van der Waals surface area contributed by atoms with Crippen molar-refractivity contribution in [3.8, 4) is 40.0 Å². The number of aromatic nitrogens is 1. The molecule has 7 rings (SSSR count). The first-order valence-corrected chi connectivity index (χ1v) is 23.7. The van der Waals surface area contributed by atoms with Gasteiger partial charge in [0.1, 0.15) is 42.4 Å². The van der Waals surface area contributed by atoms with E-state index in [1.165, 1.54) is 11.3 Å². The molecule has 5 N–H and O–H groups in total. The molecular weight excluding hydrogens is 912 g/mol. The SMILES string of the molecule is Cc1ncoc1-c1ccc(CNC(=O)[C@@H]2C[C@@H](O)CN2C(=O)CC(C)(C)CC(OCCOc2ccc(-c3ccc(C(=O)NC4C(C)(C)C(Oc5ccc(C#N)c(Cl)c5)C4(C)C)cc3)cc2)C(N)=O)cc1. The van der Waals surface area contributed by atoms with Crippen molar-refractivity contribution in [2.45, 2.75) is 105 Å². The van der Waals surface area contributed by atoms with Crippen LogP contribution >= 0.6 is 11.6 Å². The predicted octanol–water partition coefficient (Wildman–Crippen LogP) is 7.79. The molecular formula is C54H61ClN6O9. The zero-order chi connectivity index (χ0) is 50.5. The molecule has 5 aromatic rings. The van der Waals surface area contributed by atoms with Crippen molar-refractivity contribution in [3.05, 3.63) is 125 Å². The van der Waals surface area contributed by atoms with Crippen molar-refractivity contribution >= 4 is 35.2 Å². The maximum absolute atomic E-state index is 13.7. The van der Waals surface area contributed by atoms with Gasteiger partial charge in [0.2, 0.25) is 17.7 Å². The summed E-state index contributed by atoms with van der Waals surface area (Å²) >= 11 is 6.25.